The first-order valence-corrected chi connectivity index (χ1v) is 7.46. The second-order valence-electron chi connectivity index (χ2n) is 5.81. The zero-order valence-corrected chi connectivity index (χ0v) is 11.5. The molecule has 1 unspecified atom stereocenters. The van der Waals surface area contributed by atoms with Crippen LogP contribution < -0.4 is 10.6 Å². The summed E-state index contributed by atoms with van der Waals surface area (Å²) in [4.78, 5) is 0. The van der Waals surface area contributed by atoms with Crippen LogP contribution in [0.5, 0.6) is 0 Å². The Hall–Kier alpha value is -0.900. The summed E-state index contributed by atoms with van der Waals surface area (Å²) >= 11 is 0. The molecule has 1 atom stereocenters. The van der Waals surface area contributed by atoms with Crippen LogP contribution in [0.15, 0.2) is 30.3 Å². The fourth-order valence-corrected chi connectivity index (χ4v) is 3.13. The van der Waals surface area contributed by atoms with E-state index in [0.717, 1.165) is 25.7 Å². The SMILES string of the molecule is c1ccc(COCCNC2(C3CCNC3)CC2)cc1. The normalized spacial score (nSPS) is 24.5. The van der Waals surface area contributed by atoms with Crippen molar-refractivity contribution in [1.82, 2.24) is 10.6 Å². The first-order chi connectivity index (χ1) is 9.39. The highest BCUT2D eigenvalue weighted by Crippen LogP contribution is 2.44. The second kappa shape index (κ2) is 6.04. The molecule has 3 heteroatoms. The average Bonchev–Trinajstić information content (AvgIpc) is 3.03. The second-order valence-corrected chi connectivity index (χ2v) is 5.81. The number of benzene rings is 1. The van der Waals surface area contributed by atoms with Crippen LogP contribution in [0, 0.1) is 5.92 Å². The summed E-state index contributed by atoms with van der Waals surface area (Å²) in [6.07, 6.45) is 4.02. The highest BCUT2D eigenvalue weighted by Gasteiger charge is 2.49. The lowest BCUT2D eigenvalue weighted by molar-refractivity contribution is 0.117. The first-order valence-electron chi connectivity index (χ1n) is 7.46. The van der Waals surface area contributed by atoms with Gasteiger partial charge in [-0.3, -0.25) is 0 Å². The van der Waals surface area contributed by atoms with Crippen LogP contribution >= 0.6 is 0 Å². The molecule has 1 aliphatic heterocycles. The Labute approximate surface area is 115 Å². The lowest BCUT2D eigenvalue weighted by Gasteiger charge is -2.23. The van der Waals surface area contributed by atoms with E-state index in [1.165, 1.54) is 37.9 Å². The molecule has 1 aromatic rings. The van der Waals surface area contributed by atoms with Gasteiger partial charge in [-0.2, -0.15) is 0 Å². The van der Waals surface area contributed by atoms with Gasteiger partial charge in [-0.05, 0) is 43.8 Å². The minimum absolute atomic E-state index is 0.444. The number of nitrogens with one attached hydrogen (secondary N) is 2. The van der Waals surface area contributed by atoms with Crippen LogP contribution in [-0.4, -0.2) is 31.8 Å². The molecule has 1 heterocycles. The quantitative estimate of drug-likeness (QED) is 0.735. The maximum atomic E-state index is 5.73. The zero-order chi connectivity index (χ0) is 13.0. The average molecular weight is 260 g/mol. The van der Waals surface area contributed by atoms with Crippen molar-refractivity contribution in [3.8, 4) is 0 Å². The largest absolute Gasteiger partial charge is 0.375 e. The summed E-state index contributed by atoms with van der Waals surface area (Å²) in [6.45, 7) is 4.89. The van der Waals surface area contributed by atoms with Crippen molar-refractivity contribution >= 4 is 0 Å². The van der Waals surface area contributed by atoms with Crippen molar-refractivity contribution in [3.63, 3.8) is 0 Å². The van der Waals surface area contributed by atoms with E-state index in [4.69, 9.17) is 4.74 Å². The minimum Gasteiger partial charge on any atom is -0.375 e. The third kappa shape index (κ3) is 3.35. The highest BCUT2D eigenvalue weighted by molar-refractivity contribution is 5.13. The van der Waals surface area contributed by atoms with Gasteiger partial charge in [0.2, 0.25) is 0 Å². The zero-order valence-electron chi connectivity index (χ0n) is 11.5. The molecule has 1 aromatic carbocycles. The predicted molar refractivity (Wildman–Crippen MR) is 77.0 cm³/mol. The van der Waals surface area contributed by atoms with Gasteiger partial charge < -0.3 is 15.4 Å². The maximum absolute atomic E-state index is 5.73. The van der Waals surface area contributed by atoms with Crippen molar-refractivity contribution in [2.75, 3.05) is 26.2 Å². The van der Waals surface area contributed by atoms with Crippen LogP contribution in [-0.2, 0) is 11.3 Å². The van der Waals surface area contributed by atoms with Crippen LogP contribution in [0.1, 0.15) is 24.8 Å². The molecule has 0 spiro atoms. The lowest BCUT2D eigenvalue weighted by Crippen LogP contribution is -2.41. The van der Waals surface area contributed by atoms with Crippen molar-refractivity contribution in [2.24, 2.45) is 5.92 Å². The number of rotatable bonds is 7. The summed E-state index contributed by atoms with van der Waals surface area (Å²) in [5, 5.41) is 7.20. The Balaban J connectivity index is 1.33. The van der Waals surface area contributed by atoms with Gasteiger partial charge in [0.05, 0.1) is 13.2 Å². The van der Waals surface area contributed by atoms with E-state index in [1.54, 1.807) is 0 Å². The molecule has 2 fully saturated rings. The van der Waals surface area contributed by atoms with Crippen LogP contribution in [0.2, 0.25) is 0 Å². The summed E-state index contributed by atoms with van der Waals surface area (Å²) in [5.41, 5.74) is 1.70. The molecule has 3 nitrogen and oxygen atoms in total. The summed E-state index contributed by atoms with van der Waals surface area (Å²) < 4.78 is 5.73. The number of hydrogen-bond donors (Lipinski definition) is 2. The summed E-state index contributed by atoms with van der Waals surface area (Å²) in [5.74, 6) is 0.835. The van der Waals surface area contributed by atoms with Crippen molar-refractivity contribution in [3.05, 3.63) is 35.9 Å². The molecule has 19 heavy (non-hydrogen) atoms. The monoisotopic (exact) mass is 260 g/mol. The minimum atomic E-state index is 0.444. The Morgan fingerprint density at radius 3 is 2.79 bits per heavy atom. The van der Waals surface area contributed by atoms with E-state index in [9.17, 15) is 0 Å². The molecule has 104 valence electrons. The van der Waals surface area contributed by atoms with Crippen LogP contribution in [0.4, 0.5) is 0 Å². The summed E-state index contributed by atoms with van der Waals surface area (Å²) in [6, 6.07) is 10.4. The molecule has 0 amide bonds. The number of ether oxygens (including phenoxy) is 1. The highest BCUT2D eigenvalue weighted by atomic mass is 16.5. The van der Waals surface area contributed by atoms with E-state index in [-0.39, 0.29) is 0 Å². The van der Waals surface area contributed by atoms with Gasteiger partial charge in [0.15, 0.2) is 0 Å². The molecule has 1 saturated heterocycles. The Bertz CT molecular complexity index is 383. The Kier molecular flexibility index (Phi) is 4.16. The van der Waals surface area contributed by atoms with E-state index in [2.05, 4.69) is 34.9 Å². The van der Waals surface area contributed by atoms with Gasteiger partial charge in [0, 0.05) is 12.1 Å². The van der Waals surface area contributed by atoms with Gasteiger partial charge in [0.1, 0.15) is 0 Å². The fourth-order valence-electron chi connectivity index (χ4n) is 3.13. The molecular formula is C16H24N2O. The van der Waals surface area contributed by atoms with E-state index in [1.807, 2.05) is 6.07 Å². The molecule has 0 bridgehead atoms. The third-order valence-electron chi connectivity index (χ3n) is 4.47. The molecule has 3 rings (SSSR count). The standard InChI is InChI=1S/C16H24N2O/c1-2-4-14(5-3-1)13-19-11-10-18-16(7-8-16)15-6-9-17-12-15/h1-5,15,17-18H,6-13H2. The molecule has 1 saturated carbocycles. The topological polar surface area (TPSA) is 33.3 Å². The van der Waals surface area contributed by atoms with Gasteiger partial charge in [0.25, 0.3) is 0 Å². The van der Waals surface area contributed by atoms with Gasteiger partial charge >= 0.3 is 0 Å². The molecule has 2 N–H and O–H groups in total. The van der Waals surface area contributed by atoms with Gasteiger partial charge in [-0.25, -0.2) is 0 Å². The van der Waals surface area contributed by atoms with Crippen molar-refractivity contribution < 1.29 is 4.74 Å². The molecule has 2 aliphatic rings. The maximum Gasteiger partial charge on any atom is 0.0717 e. The van der Waals surface area contributed by atoms with E-state index >= 15 is 0 Å². The van der Waals surface area contributed by atoms with Crippen molar-refractivity contribution in [1.29, 1.82) is 0 Å². The molecule has 0 aromatic heterocycles. The third-order valence-corrected chi connectivity index (χ3v) is 4.47. The van der Waals surface area contributed by atoms with E-state index in [0.29, 0.717) is 5.54 Å². The van der Waals surface area contributed by atoms with Gasteiger partial charge in [-0.1, -0.05) is 30.3 Å². The predicted octanol–water partition coefficient (Wildman–Crippen LogP) is 1.93. The first kappa shape index (κ1) is 13.1. The molecule has 0 radical (unpaired) electrons. The molecule has 1 aliphatic carbocycles. The van der Waals surface area contributed by atoms with Crippen LogP contribution in [0.25, 0.3) is 0 Å². The Morgan fingerprint density at radius 1 is 1.26 bits per heavy atom. The molecular weight excluding hydrogens is 236 g/mol. The number of hydrogen-bond acceptors (Lipinski definition) is 3. The van der Waals surface area contributed by atoms with Crippen molar-refractivity contribution in [2.45, 2.75) is 31.4 Å². The summed E-state index contributed by atoms with van der Waals surface area (Å²) in [7, 11) is 0. The van der Waals surface area contributed by atoms with Gasteiger partial charge in [-0.15, -0.1) is 0 Å². The van der Waals surface area contributed by atoms with Crippen LogP contribution in [0.3, 0.4) is 0 Å². The smallest absolute Gasteiger partial charge is 0.0717 e. The Morgan fingerprint density at radius 2 is 2.11 bits per heavy atom. The lowest BCUT2D eigenvalue weighted by atomic mass is 9.96. The fraction of sp³-hybridized carbons (Fsp3) is 0.625. The van der Waals surface area contributed by atoms with E-state index < -0.39 is 0 Å².